The summed E-state index contributed by atoms with van der Waals surface area (Å²) < 4.78 is 26.1. The van der Waals surface area contributed by atoms with Crippen molar-refractivity contribution in [2.24, 2.45) is 0 Å². The third-order valence-corrected chi connectivity index (χ3v) is 6.77. The number of thiazole rings is 1. The Balaban J connectivity index is 2.01. The first-order chi connectivity index (χ1) is 10.8. The van der Waals surface area contributed by atoms with Gasteiger partial charge in [0, 0.05) is 30.9 Å². The van der Waals surface area contributed by atoms with Gasteiger partial charge in [0.05, 0.1) is 10.6 Å². The molecule has 2 rings (SSSR count). The smallest absolute Gasteiger partial charge is 0.242 e. The van der Waals surface area contributed by atoms with E-state index < -0.39 is 10.0 Å². The molecule has 1 amide bonds. The number of thioether (sulfide) groups is 1. The molecular formula is C14H17N3O3S3. The summed E-state index contributed by atoms with van der Waals surface area (Å²) in [5.41, 5.74) is 1.38. The Morgan fingerprint density at radius 2 is 2.13 bits per heavy atom. The quantitative estimate of drug-likeness (QED) is 0.789. The normalized spacial score (nSPS) is 11.7. The third-order valence-electron chi connectivity index (χ3n) is 2.82. The molecule has 9 heteroatoms. The first-order valence-corrected chi connectivity index (χ1v) is 9.97. The predicted molar refractivity (Wildman–Crippen MR) is 93.5 cm³/mol. The zero-order valence-corrected chi connectivity index (χ0v) is 15.4. The molecule has 1 N–H and O–H groups in total. The van der Waals surface area contributed by atoms with E-state index in [0.29, 0.717) is 5.69 Å². The van der Waals surface area contributed by atoms with Crippen molar-refractivity contribution in [1.82, 2.24) is 9.29 Å². The lowest BCUT2D eigenvalue weighted by atomic mass is 10.3. The van der Waals surface area contributed by atoms with Crippen LogP contribution in [0.15, 0.2) is 38.9 Å². The van der Waals surface area contributed by atoms with Gasteiger partial charge in [-0.25, -0.2) is 17.7 Å². The van der Waals surface area contributed by atoms with Crippen LogP contribution >= 0.6 is 23.1 Å². The van der Waals surface area contributed by atoms with Gasteiger partial charge in [0.15, 0.2) is 4.34 Å². The van der Waals surface area contributed by atoms with Crippen LogP contribution < -0.4 is 5.32 Å². The van der Waals surface area contributed by atoms with Gasteiger partial charge in [-0.1, -0.05) is 17.8 Å². The fraction of sp³-hybridized carbons (Fsp3) is 0.286. The molecule has 0 fully saturated rings. The molecule has 0 bridgehead atoms. The lowest BCUT2D eigenvalue weighted by molar-refractivity contribution is -0.113. The monoisotopic (exact) mass is 371 g/mol. The number of amides is 1. The molecule has 0 spiro atoms. The minimum Gasteiger partial charge on any atom is -0.325 e. The van der Waals surface area contributed by atoms with Crippen molar-refractivity contribution in [2.75, 3.05) is 25.2 Å². The van der Waals surface area contributed by atoms with Crippen molar-refractivity contribution in [3.63, 3.8) is 0 Å². The van der Waals surface area contributed by atoms with Crippen molar-refractivity contribution in [1.29, 1.82) is 0 Å². The van der Waals surface area contributed by atoms with Crippen LogP contribution in [0, 0.1) is 6.92 Å². The Hall–Kier alpha value is -1.42. The maximum absolute atomic E-state index is 12.1. The highest BCUT2D eigenvalue weighted by atomic mass is 32.2. The van der Waals surface area contributed by atoms with Gasteiger partial charge in [0.1, 0.15) is 0 Å². The van der Waals surface area contributed by atoms with Gasteiger partial charge in [0.2, 0.25) is 15.9 Å². The lowest BCUT2D eigenvalue weighted by Gasteiger charge is -2.12. The highest BCUT2D eigenvalue weighted by Gasteiger charge is 2.17. The van der Waals surface area contributed by atoms with E-state index in [0.717, 1.165) is 14.3 Å². The van der Waals surface area contributed by atoms with Gasteiger partial charge in [-0.2, -0.15) is 0 Å². The van der Waals surface area contributed by atoms with Crippen LogP contribution in [0.1, 0.15) is 5.69 Å². The molecule has 1 heterocycles. The van der Waals surface area contributed by atoms with Crippen molar-refractivity contribution < 1.29 is 13.2 Å². The van der Waals surface area contributed by atoms with E-state index in [2.05, 4.69) is 10.3 Å². The largest absolute Gasteiger partial charge is 0.325 e. The van der Waals surface area contributed by atoms with E-state index in [1.807, 2.05) is 12.3 Å². The van der Waals surface area contributed by atoms with Crippen LogP contribution in [0.3, 0.4) is 0 Å². The molecule has 0 atom stereocenters. The summed E-state index contributed by atoms with van der Waals surface area (Å²) in [6.07, 6.45) is 0. The maximum atomic E-state index is 12.1. The van der Waals surface area contributed by atoms with Crippen LogP contribution in [-0.4, -0.2) is 43.5 Å². The third kappa shape index (κ3) is 4.77. The number of aryl methyl sites for hydroxylation is 1. The van der Waals surface area contributed by atoms with E-state index in [1.54, 1.807) is 12.1 Å². The van der Waals surface area contributed by atoms with Crippen molar-refractivity contribution in [2.45, 2.75) is 16.2 Å². The number of sulfonamides is 1. The Kier molecular flexibility index (Phi) is 5.79. The molecule has 0 saturated carbocycles. The average Bonchev–Trinajstić information content (AvgIpc) is 2.91. The summed E-state index contributed by atoms with van der Waals surface area (Å²) in [5.74, 6) is 0.0136. The molecule has 6 nitrogen and oxygen atoms in total. The van der Waals surface area contributed by atoms with Crippen LogP contribution in [-0.2, 0) is 14.8 Å². The second-order valence-electron chi connectivity index (χ2n) is 4.91. The number of nitrogens with zero attached hydrogens (tertiary/aromatic N) is 2. The van der Waals surface area contributed by atoms with Gasteiger partial charge >= 0.3 is 0 Å². The molecule has 0 aliphatic carbocycles. The second-order valence-corrected chi connectivity index (χ2v) is 9.14. The number of aromatic nitrogens is 1. The van der Waals surface area contributed by atoms with E-state index in [-0.39, 0.29) is 16.6 Å². The molecule has 0 aliphatic rings. The molecular weight excluding hydrogens is 354 g/mol. The molecule has 0 aliphatic heterocycles. The summed E-state index contributed by atoms with van der Waals surface area (Å²) in [7, 11) is -0.588. The number of rotatable bonds is 6. The summed E-state index contributed by atoms with van der Waals surface area (Å²) in [6, 6.07) is 6.21. The number of nitrogens with one attached hydrogen (secondary N) is 1. The number of hydrogen-bond acceptors (Lipinski definition) is 6. The molecule has 124 valence electrons. The Bertz CT molecular complexity index is 800. The predicted octanol–water partition coefficient (Wildman–Crippen LogP) is 2.43. The van der Waals surface area contributed by atoms with Crippen LogP contribution in [0.2, 0.25) is 0 Å². The summed E-state index contributed by atoms with van der Waals surface area (Å²) in [6.45, 7) is 1.90. The molecule has 0 radical (unpaired) electrons. The van der Waals surface area contributed by atoms with Crippen molar-refractivity contribution in [3.8, 4) is 0 Å². The number of anilines is 1. The van der Waals surface area contributed by atoms with Gasteiger partial charge < -0.3 is 5.32 Å². The van der Waals surface area contributed by atoms with Gasteiger partial charge in [-0.05, 0) is 25.1 Å². The van der Waals surface area contributed by atoms with Crippen LogP contribution in [0.25, 0.3) is 0 Å². The zero-order valence-electron chi connectivity index (χ0n) is 12.9. The summed E-state index contributed by atoms with van der Waals surface area (Å²) in [4.78, 5) is 16.4. The Labute approximate surface area is 144 Å². The standard InChI is InChI=1S/C14H17N3O3S3/c1-10-8-21-14(15-10)22-9-13(18)16-11-5-4-6-12(7-11)23(19,20)17(2)3/h4-8H,9H2,1-3H3,(H,16,18). The molecule has 0 unspecified atom stereocenters. The maximum Gasteiger partial charge on any atom is 0.242 e. The highest BCUT2D eigenvalue weighted by molar-refractivity contribution is 8.01. The fourth-order valence-corrected chi connectivity index (χ4v) is 4.27. The van der Waals surface area contributed by atoms with Crippen molar-refractivity contribution >= 4 is 44.7 Å². The van der Waals surface area contributed by atoms with E-state index in [1.165, 1.54) is 49.3 Å². The average molecular weight is 372 g/mol. The number of carbonyl (C=O) groups is 1. The second kappa shape index (κ2) is 7.43. The van der Waals surface area contributed by atoms with Gasteiger partial charge in [0.25, 0.3) is 0 Å². The minimum absolute atomic E-state index is 0.142. The summed E-state index contributed by atoms with van der Waals surface area (Å²) >= 11 is 2.85. The molecule has 1 aromatic carbocycles. The first-order valence-electron chi connectivity index (χ1n) is 6.66. The number of benzene rings is 1. The minimum atomic E-state index is -3.52. The topological polar surface area (TPSA) is 79.4 Å². The molecule has 1 aromatic heterocycles. The highest BCUT2D eigenvalue weighted by Crippen LogP contribution is 2.23. The SMILES string of the molecule is Cc1csc(SCC(=O)Nc2cccc(S(=O)(=O)N(C)C)c2)n1. The number of carbonyl (C=O) groups excluding carboxylic acids is 1. The Morgan fingerprint density at radius 3 is 2.74 bits per heavy atom. The lowest BCUT2D eigenvalue weighted by Crippen LogP contribution is -2.22. The summed E-state index contributed by atoms with van der Waals surface area (Å²) in [5, 5.41) is 4.63. The van der Waals surface area contributed by atoms with E-state index in [9.17, 15) is 13.2 Å². The van der Waals surface area contributed by atoms with Gasteiger partial charge in [-0.3, -0.25) is 4.79 Å². The fourth-order valence-electron chi connectivity index (χ4n) is 1.67. The Morgan fingerprint density at radius 1 is 1.39 bits per heavy atom. The van der Waals surface area contributed by atoms with Crippen molar-refractivity contribution in [3.05, 3.63) is 35.3 Å². The van der Waals surface area contributed by atoms with Crippen LogP contribution in [0.4, 0.5) is 5.69 Å². The van der Waals surface area contributed by atoms with E-state index in [4.69, 9.17) is 0 Å². The molecule has 2 aromatic rings. The molecule has 0 saturated heterocycles. The van der Waals surface area contributed by atoms with E-state index >= 15 is 0 Å². The first kappa shape index (κ1) is 17.9. The van der Waals surface area contributed by atoms with Gasteiger partial charge in [-0.15, -0.1) is 11.3 Å². The molecule has 23 heavy (non-hydrogen) atoms. The zero-order chi connectivity index (χ0) is 17.0. The van der Waals surface area contributed by atoms with Crippen LogP contribution in [0.5, 0.6) is 0 Å². The number of hydrogen-bond donors (Lipinski definition) is 1.